The lowest BCUT2D eigenvalue weighted by molar-refractivity contribution is 0.192. The SMILES string of the molecule is CC1=CCc2cc(C)ccc2O1.Cc1ccc2c(c1)CCC(C)O2.Cc1ccc2oc(C)nc2c1. The van der Waals surface area contributed by atoms with E-state index in [4.69, 9.17) is 13.9 Å². The van der Waals surface area contributed by atoms with Gasteiger partial charge in [0.05, 0.1) is 11.9 Å². The Morgan fingerprint density at radius 2 is 1.43 bits per heavy atom. The molecule has 4 nitrogen and oxygen atoms in total. The summed E-state index contributed by atoms with van der Waals surface area (Å²) in [6.45, 7) is 12.2. The van der Waals surface area contributed by atoms with Crippen LogP contribution in [0.4, 0.5) is 0 Å². The molecule has 1 unspecified atom stereocenters. The summed E-state index contributed by atoms with van der Waals surface area (Å²) in [4.78, 5) is 4.21. The van der Waals surface area contributed by atoms with Crippen molar-refractivity contribution in [3.8, 4) is 11.5 Å². The molecule has 0 bridgehead atoms. The van der Waals surface area contributed by atoms with Gasteiger partial charge in [0.25, 0.3) is 0 Å². The van der Waals surface area contributed by atoms with Gasteiger partial charge in [-0.05, 0) is 101 Å². The fraction of sp³-hybridized carbons (Fsp3) is 0.323. The summed E-state index contributed by atoms with van der Waals surface area (Å²) in [6, 6.07) is 18.7. The molecule has 2 aliphatic rings. The number of allylic oxidation sites excluding steroid dienone is 2. The molecule has 0 radical (unpaired) electrons. The standard InChI is InChI=1S/C11H14O.C11H12O.C9H9NO/c2*1-8-3-6-11-10(7-8)5-4-9(2)12-11;1-6-3-4-9-8(5-6)10-7(2)11-9/h3,6-7,9H,4-5H2,1-2H3;3-4,6-7H,5H2,1-2H3;3-5H,1-2H3. The van der Waals surface area contributed by atoms with Gasteiger partial charge < -0.3 is 13.9 Å². The summed E-state index contributed by atoms with van der Waals surface area (Å²) >= 11 is 0. The molecule has 1 aromatic heterocycles. The molecule has 35 heavy (non-hydrogen) atoms. The van der Waals surface area contributed by atoms with Gasteiger partial charge in [0.1, 0.15) is 17.0 Å². The maximum atomic E-state index is 5.69. The van der Waals surface area contributed by atoms with E-state index in [2.05, 4.69) is 62.2 Å². The minimum Gasteiger partial charge on any atom is -0.490 e. The van der Waals surface area contributed by atoms with Crippen molar-refractivity contribution in [3.63, 3.8) is 0 Å². The van der Waals surface area contributed by atoms with Gasteiger partial charge in [-0.3, -0.25) is 0 Å². The Morgan fingerprint density at radius 3 is 2.20 bits per heavy atom. The van der Waals surface area contributed by atoms with Gasteiger partial charge in [-0.1, -0.05) is 41.5 Å². The fourth-order valence-corrected chi connectivity index (χ4v) is 4.24. The van der Waals surface area contributed by atoms with E-state index < -0.39 is 0 Å². The summed E-state index contributed by atoms with van der Waals surface area (Å²) in [5.74, 6) is 3.83. The average Bonchev–Trinajstić information content (AvgIpc) is 3.19. The lowest BCUT2D eigenvalue weighted by Crippen LogP contribution is -2.18. The number of ether oxygens (including phenoxy) is 2. The van der Waals surface area contributed by atoms with Crippen LogP contribution in [0.2, 0.25) is 0 Å². The minimum absolute atomic E-state index is 0.389. The van der Waals surface area contributed by atoms with Gasteiger partial charge in [0.15, 0.2) is 11.5 Å². The molecule has 0 saturated heterocycles. The van der Waals surface area contributed by atoms with Crippen LogP contribution < -0.4 is 9.47 Å². The topological polar surface area (TPSA) is 44.5 Å². The molecule has 3 aromatic carbocycles. The van der Waals surface area contributed by atoms with Crippen molar-refractivity contribution >= 4 is 11.1 Å². The van der Waals surface area contributed by atoms with Crippen molar-refractivity contribution in [2.45, 2.75) is 66.9 Å². The Morgan fingerprint density at radius 1 is 0.771 bits per heavy atom. The van der Waals surface area contributed by atoms with Crippen LogP contribution in [-0.4, -0.2) is 11.1 Å². The number of fused-ring (bicyclic) bond motifs is 3. The van der Waals surface area contributed by atoms with Crippen molar-refractivity contribution in [3.05, 3.63) is 100 Å². The van der Waals surface area contributed by atoms with E-state index in [9.17, 15) is 0 Å². The molecule has 0 aliphatic carbocycles. The number of rotatable bonds is 0. The van der Waals surface area contributed by atoms with Crippen LogP contribution >= 0.6 is 0 Å². The van der Waals surface area contributed by atoms with Gasteiger partial charge in [-0.25, -0.2) is 4.98 Å². The molecule has 182 valence electrons. The van der Waals surface area contributed by atoms with E-state index in [1.807, 2.05) is 45.0 Å². The lowest BCUT2D eigenvalue weighted by Gasteiger charge is -2.23. The van der Waals surface area contributed by atoms with Crippen LogP contribution in [0.3, 0.4) is 0 Å². The summed E-state index contributed by atoms with van der Waals surface area (Å²) in [6.07, 6.45) is 5.82. The number of benzene rings is 3. The minimum atomic E-state index is 0.389. The van der Waals surface area contributed by atoms with E-state index in [1.54, 1.807) is 0 Å². The van der Waals surface area contributed by atoms with Crippen LogP contribution in [0.15, 0.2) is 70.8 Å². The van der Waals surface area contributed by atoms with E-state index in [0.29, 0.717) is 6.10 Å². The third kappa shape index (κ3) is 6.54. The van der Waals surface area contributed by atoms with Gasteiger partial charge in [0.2, 0.25) is 0 Å². The summed E-state index contributed by atoms with van der Waals surface area (Å²) in [5.41, 5.74) is 8.31. The number of hydrogen-bond donors (Lipinski definition) is 0. The first-order valence-electron chi connectivity index (χ1n) is 12.3. The van der Waals surface area contributed by atoms with E-state index in [1.165, 1.54) is 27.8 Å². The Labute approximate surface area is 208 Å². The fourth-order valence-electron chi connectivity index (χ4n) is 4.24. The first-order valence-corrected chi connectivity index (χ1v) is 12.3. The summed E-state index contributed by atoms with van der Waals surface area (Å²) < 4.78 is 16.5. The van der Waals surface area contributed by atoms with Crippen molar-refractivity contribution in [1.82, 2.24) is 4.98 Å². The van der Waals surface area contributed by atoms with Gasteiger partial charge in [0, 0.05) is 6.92 Å². The molecule has 6 rings (SSSR count). The van der Waals surface area contributed by atoms with Crippen molar-refractivity contribution < 1.29 is 13.9 Å². The van der Waals surface area contributed by atoms with Crippen molar-refractivity contribution in [2.75, 3.05) is 0 Å². The molecule has 1 atom stereocenters. The number of nitrogens with zero attached hydrogens (tertiary/aromatic N) is 1. The van der Waals surface area contributed by atoms with E-state index in [-0.39, 0.29) is 0 Å². The molecule has 0 saturated carbocycles. The van der Waals surface area contributed by atoms with Crippen LogP contribution in [0, 0.1) is 27.7 Å². The molecule has 4 aromatic rings. The lowest BCUT2D eigenvalue weighted by atomic mass is 10.0. The second-order valence-electron chi connectivity index (χ2n) is 9.51. The molecule has 0 spiro atoms. The van der Waals surface area contributed by atoms with Crippen LogP contribution in [0.1, 0.15) is 54.0 Å². The molecular formula is C31H35NO3. The molecular weight excluding hydrogens is 434 g/mol. The zero-order valence-corrected chi connectivity index (χ0v) is 21.6. The molecule has 4 heteroatoms. The average molecular weight is 470 g/mol. The van der Waals surface area contributed by atoms with Gasteiger partial charge in [-0.15, -0.1) is 0 Å². The number of aryl methyl sites for hydroxylation is 5. The Balaban J connectivity index is 0.000000124. The molecule has 0 fully saturated rings. The van der Waals surface area contributed by atoms with Gasteiger partial charge >= 0.3 is 0 Å². The molecule has 2 aliphatic heterocycles. The quantitative estimate of drug-likeness (QED) is 0.262. The van der Waals surface area contributed by atoms with E-state index >= 15 is 0 Å². The Hall–Kier alpha value is -3.53. The first kappa shape index (κ1) is 24.6. The highest BCUT2D eigenvalue weighted by molar-refractivity contribution is 5.73. The molecule has 0 amide bonds. The van der Waals surface area contributed by atoms with Crippen LogP contribution in [-0.2, 0) is 12.8 Å². The Bertz CT molecular complexity index is 1350. The van der Waals surface area contributed by atoms with Crippen molar-refractivity contribution in [2.24, 2.45) is 0 Å². The number of oxazole rings is 1. The third-order valence-corrected chi connectivity index (χ3v) is 6.11. The number of aromatic nitrogens is 1. The monoisotopic (exact) mass is 469 g/mol. The van der Waals surface area contributed by atoms with Crippen LogP contribution in [0.5, 0.6) is 11.5 Å². The zero-order chi connectivity index (χ0) is 24.9. The van der Waals surface area contributed by atoms with E-state index in [0.717, 1.165) is 53.5 Å². The maximum absolute atomic E-state index is 5.69. The predicted octanol–water partition coefficient (Wildman–Crippen LogP) is 7.99. The third-order valence-electron chi connectivity index (χ3n) is 6.11. The highest BCUT2D eigenvalue weighted by Gasteiger charge is 2.15. The number of hydrogen-bond acceptors (Lipinski definition) is 4. The smallest absolute Gasteiger partial charge is 0.192 e. The highest BCUT2D eigenvalue weighted by atomic mass is 16.5. The largest absolute Gasteiger partial charge is 0.490 e. The van der Waals surface area contributed by atoms with Crippen molar-refractivity contribution in [1.29, 1.82) is 0 Å². The first-order chi connectivity index (χ1) is 16.8. The zero-order valence-electron chi connectivity index (χ0n) is 21.6. The molecule has 0 N–H and O–H groups in total. The normalized spacial score (nSPS) is 15.7. The second-order valence-corrected chi connectivity index (χ2v) is 9.51. The highest BCUT2D eigenvalue weighted by Crippen LogP contribution is 2.28. The molecule has 3 heterocycles. The summed E-state index contributed by atoms with van der Waals surface area (Å²) in [5, 5.41) is 0. The second kappa shape index (κ2) is 10.8. The maximum Gasteiger partial charge on any atom is 0.192 e. The summed E-state index contributed by atoms with van der Waals surface area (Å²) in [7, 11) is 0. The Kier molecular flexibility index (Phi) is 7.60. The predicted molar refractivity (Wildman–Crippen MR) is 142 cm³/mol. The van der Waals surface area contributed by atoms with Crippen LogP contribution in [0.25, 0.3) is 11.1 Å². The van der Waals surface area contributed by atoms with Gasteiger partial charge in [-0.2, -0.15) is 0 Å².